The number of hydrogen-bond donors (Lipinski definition) is 1. The molecule has 168 valence electrons. The molecule has 2 amide bonds. The number of fused-ring (bicyclic) bond motifs is 1. The third-order valence-electron chi connectivity index (χ3n) is 6.24. The Labute approximate surface area is 186 Å². The highest BCUT2D eigenvalue weighted by Gasteiger charge is 2.28. The molecule has 0 spiro atoms. The third kappa shape index (κ3) is 4.64. The Morgan fingerprint density at radius 3 is 2.66 bits per heavy atom. The van der Waals surface area contributed by atoms with Crippen LogP contribution in [0.15, 0.2) is 30.3 Å². The number of aryl methyl sites for hydroxylation is 2. The van der Waals surface area contributed by atoms with Crippen LogP contribution in [-0.4, -0.2) is 44.4 Å². The predicted molar refractivity (Wildman–Crippen MR) is 119 cm³/mol. The van der Waals surface area contributed by atoms with Gasteiger partial charge >= 0.3 is 0 Å². The summed E-state index contributed by atoms with van der Waals surface area (Å²) in [5, 5.41) is 7.67. The molecule has 2 aromatic heterocycles. The van der Waals surface area contributed by atoms with Crippen LogP contribution in [0.5, 0.6) is 0 Å². The average molecular weight is 438 g/mol. The van der Waals surface area contributed by atoms with Crippen LogP contribution in [0.25, 0.3) is 5.65 Å². The van der Waals surface area contributed by atoms with Crippen molar-refractivity contribution in [3.63, 3.8) is 0 Å². The lowest BCUT2D eigenvalue weighted by molar-refractivity contribution is -0.127. The van der Waals surface area contributed by atoms with Crippen LogP contribution in [0, 0.1) is 19.7 Å². The summed E-state index contributed by atoms with van der Waals surface area (Å²) < 4.78 is 14.9. The Bertz CT molecular complexity index is 1160. The fourth-order valence-corrected chi connectivity index (χ4v) is 4.32. The summed E-state index contributed by atoms with van der Waals surface area (Å²) >= 11 is 0. The van der Waals surface area contributed by atoms with Crippen molar-refractivity contribution in [3.05, 3.63) is 64.4 Å². The van der Waals surface area contributed by atoms with Crippen molar-refractivity contribution < 1.29 is 14.0 Å². The van der Waals surface area contributed by atoms with E-state index >= 15 is 0 Å². The molecule has 1 atom stereocenters. The average Bonchev–Trinajstić information content (AvgIpc) is 3.40. The molecule has 0 unspecified atom stereocenters. The maximum atomic E-state index is 13.0. The van der Waals surface area contributed by atoms with Crippen LogP contribution in [0.4, 0.5) is 4.39 Å². The van der Waals surface area contributed by atoms with Crippen molar-refractivity contribution in [1.29, 1.82) is 0 Å². The van der Waals surface area contributed by atoms with Gasteiger partial charge in [-0.2, -0.15) is 5.10 Å². The second-order valence-electron chi connectivity index (χ2n) is 8.45. The van der Waals surface area contributed by atoms with Crippen molar-refractivity contribution in [2.45, 2.75) is 52.5 Å². The maximum Gasteiger partial charge on any atom is 0.220 e. The van der Waals surface area contributed by atoms with Gasteiger partial charge in [0.2, 0.25) is 11.8 Å². The molecule has 4 rings (SSSR count). The molecule has 3 heterocycles. The van der Waals surface area contributed by atoms with E-state index in [1.54, 1.807) is 19.1 Å². The first kappa shape index (κ1) is 21.9. The van der Waals surface area contributed by atoms with Crippen LogP contribution in [0.1, 0.15) is 53.9 Å². The maximum absolute atomic E-state index is 13.0. The summed E-state index contributed by atoms with van der Waals surface area (Å²) in [7, 11) is 0. The minimum atomic E-state index is -0.292. The van der Waals surface area contributed by atoms with Gasteiger partial charge in [-0.1, -0.05) is 12.1 Å². The molecule has 0 saturated carbocycles. The summed E-state index contributed by atoms with van der Waals surface area (Å²) in [5.74, 6) is -0.0353. The van der Waals surface area contributed by atoms with Crippen LogP contribution < -0.4 is 5.32 Å². The SMILES string of the molecule is CC(=O)N1CC[C@H](c2cc3nc(C)c(CCC(=O)NCc4ccc(F)cc4)c(C)n3n2)C1. The lowest BCUT2D eigenvalue weighted by atomic mass is 10.1. The summed E-state index contributed by atoms with van der Waals surface area (Å²) in [4.78, 5) is 30.6. The number of carbonyl (C=O) groups excluding carboxylic acids is 2. The Hall–Kier alpha value is -3.29. The molecule has 3 aromatic rings. The number of carbonyl (C=O) groups is 2. The van der Waals surface area contributed by atoms with Crippen molar-refractivity contribution in [2.24, 2.45) is 0 Å². The standard InChI is InChI=1S/C24H28FN5O2/c1-15-21(8-9-24(32)26-13-18-4-6-20(25)7-5-18)16(2)30-23(27-15)12-22(28-30)19-10-11-29(14-19)17(3)31/h4-7,12,19H,8-11,13-14H2,1-3H3,(H,26,32)/t19-/m0/s1. The zero-order chi connectivity index (χ0) is 22.8. The third-order valence-corrected chi connectivity index (χ3v) is 6.24. The molecule has 1 aliphatic heterocycles. The second kappa shape index (κ2) is 9.06. The summed E-state index contributed by atoms with van der Waals surface area (Å²) in [6.07, 6.45) is 1.80. The van der Waals surface area contributed by atoms with E-state index in [0.717, 1.165) is 46.8 Å². The first-order valence-corrected chi connectivity index (χ1v) is 10.9. The van der Waals surface area contributed by atoms with Crippen LogP contribution in [0.3, 0.4) is 0 Å². The molecule has 1 saturated heterocycles. The first-order chi connectivity index (χ1) is 15.3. The van der Waals surface area contributed by atoms with Gasteiger partial charge in [0.05, 0.1) is 5.69 Å². The Morgan fingerprint density at radius 1 is 1.22 bits per heavy atom. The molecule has 0 radical (unpaired) electrons. The van der Waals surface area contributed by atoms with E-state index in [1.807, 2.05) is 29.3 Å². The van der Waals surface area contributed by atoms with Gasteiger partial charge in [0.25, 0.3) is 0 Å². The van der Waals surface area contributed by atoms with Crippen LogP contribution in [0.2, 0.25) is 0 Å². The van der Waals surface area contributed by atoms with Gasteiger partial charge in [0, 0.05) is 56.4 Å². The smallest absolute Gasteiger partial charge is 0.220 e. The number of hydrogen-bond acceptors (Lipinski definition) is 4. The number of halogens is 1. The van der Waals surface area contributed by atoms with Gasteiger partial charge in [-0.05, 0) is 49.9 Å². The van der Waals surface area contributed by atoms with E-state index in [-0.39, 0.29) is 23.5 Å². The van der Waals surface area contributed by atoms with E-state index in [0.29, 0.717) is 25.9 Å². The van der Waals surface area contributed by atoms with Gasteiger partial charge in [-0.15, -0.1) is 0 Å². The van der Waals surface area contributed by atoms with E-state index in [9.17, 15) is 14.0 Å². The normalized spacial score (nSPS) is 16.0. The van der Waals surface area contributed by atoms with Gasteiger partial charge in [0.15, 0.2) is 5.65 Å². The van der Waals surface area contributed by atoms with E-state index < -0.39 is 0 Å². The summed E-state index contributed by atoms with van der Waals surface area (Å²) in [6.45, 7) is 7.38. The van der Waals surface area contributed by atoms with Crippen LogP contribution in [-0.2, 0) is 22.6 Å². The molecule has 1 N–H and O–H groups in total. The quantitative estimate of drug-likeness (QED) is 0.643. The topological polar surface area (TPSA) is 79.6 Å². The fraction of sp³-hybridized carbons (Fsp3) is 0.417. The summed E-state index contributed by atoms with van der Waals surface area (Å²) in [6, 6.07) is 8.11. The van der Waals surface area contributed by atoms with Crippen LogP contribution >= 0.6 is 0 Å². The van der Waals surface area contributed by atoms with Crippen molar-refractivity contribution in [3.8, 4) is 0 Å². The number of benzene rings is 1. The minimum absolute atomic E-state index is 0.0651. The second-order valence-corrected chi connectivity index (χ2v) is 8.45. The van der Waals surface area contributed by atoms with Crippen molar-refractivity contribution >= 4 is 17.5 Å². The molecular weight excluding hydrogens is 409 g/mol. The largest absolute Gasteiger partial charge is 0.352 e. The Morgan fingerprint density at radius 2 is 1.97 bits per heavy atom. The van der Waals surface area contributed by atoms with E-state index in [4.69, 9.17) is 10.1 Å². The van der Waals surface area contributed by atoms with Gasteiger partial charge < -0.3 is 10.2 Å². The lowest BCUT2D eigenvalue weighted by Gasteiger charge is -2.12. The van der Waals surface area contributed by atoms with Gasteiger partial charge in [0.1, 0.15) is 5.82 Å². The van der Waals surface area contributed by atoms with Gasteiger partial charge in [-0.3, -0.25) is 9.59 Å². The molecule has 32 heavy (non-hydrogen) atoms. The fourth-order valence-electron chi connectivity index (χ4n) is 4.32. The zero-order valence-corrected chi connectivity index (χ0v) is 18.7. The van der Waals surface area contributed by atoms with Crippen molar-refractivity contribution in [2.75, 3.05) is 13.1 Å². The number of nitrogens with one attached hydrogen (secondary N) is 1. The minimum Gasteiger partial charge on any atom is -0.352 e. The highest BCUT2D eigenvalue weighted by atomic mass is 19.1. The lowest BCUT2D eigenvalue weighted by Crippen LogP contribution is -2.25. The molecule has 0 aliphatic carbocycles. The first-order valence-electron chi connectivity index (χ1n) is 10.9. The molecule has 8 heteroatoms. The molecular formula is C24H28FN5O2. The number of rotatable bonds is 6. The molecule has 0 bridgehead atoms. The number of aromatic nitrogens is 3. The molecule has 1 fully saturated rings. The highest BCUT2D eigenvalue weighted by molar-refractivity contribution is 5.76. The molecule has 1 aliphatic rings. The monoisotopic (exact) mass is 437 g/mol. The zero-order valence-electron chi connectivity index (χ0n) is 18.7. The van der Waals surface area contributed by atoms with Gasteiger partial charge in [-0.25, -0.2) is 13.9 Å². The van der Waals surface area contributed by atoms with E-state index in [2.05, 4.69) is 5.32 Å². The number of nitrogens with zero attached hydrogens (tertiary/aromatic N) is 4. The Kier molecular flexibility index (Phi) is 6.21. The molecule has 1 aromatic carbocycles. The Balaban J connectivity index is 1.43. The molecule has 7 nitrogen and oxygen atoms in total. The predicted octanol–water partition coefficient (Wildman–Crippen LogP) is 3.07. The summed E-state index contributed by atoms with van der Waals surface area (Å²) in [5.41, 5.74) is 5.49. The highest BCUT2D eigenvalue weighted by Crippen LogP contribution is 2.28. The van der Waals surface area contributed by atoms with E-state index in [1.165, 1.54) is 12.1 Å². The number of amides is 2. The van der Waals surface area contributed by atoms with Crippen molar-refractivity contribution in [1.82, 2.24) is 24.8 Å². The number of likely N-dealkylation sites (tertiary alicyclic amines) is 1.